The molecule has 0 saturated carbocycles. The van der Waals surface area contributed by atoms with E-state index in [2.05, 4.69) is 39.2 Å². The highest BCUT2D eigenvalue weighted by Gasteiger charge is 2.54. The van der Waals surface area contributed by atoms with E-state index in [1.165, 1.54) is 0 Å². The van der Waals surface area contributed by atoms with Gasteiger partial charge < -0.3 is 14.3 Å². The molecule has 1 aromatic rings. The summed E-state index contributed by atoms with van der Waals surface area (Å²) in [5.74, 6) is 0.385. The molecule has 1 aliphatic carbocycles. The molecule has 0 aromatic heterocycles. The number of carbonyl (C=O) groups excluding carboxylic acids is 1. The first-order valence-electron chi connectivity index (χ1n) is 13.2. The van der Waals surface area contributed by atoms with Crippen LogP contribution in [0.25, 0.3) is 0 Å². The van der Waals surface area contributed by atoms with Crippen LogP contribution in [0.4, 0.5) is 0 Å². The van der Waals surface area contributed by atoms with Crippen molar-refractivity contribution in [2.24, 2.45) is 11.8 Å². The lowest BCUT2D eigenvalue weighted by molar-refractivity contribution is -0.142. The van der Waals surface area contributed by atoms with Crippen molar-refractivity contribution < 1.29 is 22.8 Å². The Morgan fingerprint density at radius 3 is 2.50 bits per heavy atom. The van der Waals surface area contributed by atoms with Crippen LogP contribution in [0.3, 0.4) is 0 Å². The third-order valence-electron chi connectivity index (χ3n) is 8.66. The average Bonchev–Trinajstić information content (AvgIpc) is 3.01. The molecule has 4 rings (SSSR count). The minimum Gasteiger partial charge on any atom is -0.418 e. The average molecular weight is 535 g/mol. The van der Waals surface area contributed by atoms with Gasteiger partial charge in [-0.2, -0.15) is 4.67 Å². The summed E-state index contributed by atoms with van der Waals surface area (Å²) in [5, 5.41) is 3.18. The lowest BCUT2D eigenvalue weighted by Gasteiger charge is -2.48. The number of nitrogens with zero attached hydrogens (tertiary/aromatic N) is 1. The van der Waals surface area contributed by atoms with E-state index < -0.39 is 16.1 Å². The summed E-state index contributed by atoms with van der Waals surface area (Å²) in [4.78, 5) is 12.7. The zero-order valence-corrected chi connectivity index (χ0v) is 24.9. The summed E-state index contributed by atoms with van der Waals surface area (Å²) >= 11 is 0. The molecule has 1 N–H and O–H groups in total. The Kier molecular flexibility index (Phi) is 7.68. The monoisotopic (exact) mass is 534 g/mol. The molecular weight excluding hydrogens is 491 g/mol. The largest absolute Gasteiger partial charge is 0.461 e. The first kappa shape index (κ1) is 27.6. The molecule has 7 nitrogen and oxygen atoms in total. The molecule has 0 unspecified atom stereocenters. The third kappa shape index (κ3) is 5.12. The van der Waals surface area contributed by atoms with Gasteiger partial charge in [0.1, 0.15) is 11.9 Å². The highest BCUT2D eigenvalue weighted by Crippen LogP contribution is 2.64. The minimum atomic E-state index is -3.56. The normalized spacial score (nSPS) is 34.5. The Bertz CT molecular complexity index is 1040. The van der Waals surface area contributed by atoms with E-state index >= 15 is 0 Å². The Labute approximate surface area is 217 Å². The number of nitrogens with one attached hydrogen (secondary N) is 1. The van der Waals surface area contributed by atoms with Gasteiger partial charge in [0.2, 0.25) is 5.91 Å². The summed E-state index contributed by atoms with van der Waals surface area (Å²) in [5.41, 5.74) is 0.982. The first-order valence-corrected chi connectivity index (χ1v) is 17.6. The van der Waals surface area contributed by atoms with Crippen LogP contribution >= 0.6 is 7.75 Å². The van der Waals surface area contributed by atoms with Gasteiger partial charge in [0.15, 0.2) is 8.32 Å². The van der Waals surface area contributed by atoms with Gasteiger partial charge in [-0.15, -0.1) is 0 Å². The van der Waals surface area contributed by atoms with Crippen LogP contribution in [-0.4, -0.2) is 44.1 Å². The Balaban J connectivity index is 1.51. The fourth-order valence-corrected chi connectivity index (χ4v) is 8.63. The molecule has 7 atom stereocenters. The molecule has 9 heteroatoms. The van der Waals surface area contributed by atoms with Crippen molar-refractivity contribution in [1.82, 2.24) is 9.99 Å². The molecule has 3 aliphatic rings. The topological polar surface area (TPSA) is 77.1 Å². The Morgan fingerprint density at radius 1 is 1.22 bits per heavy atom. The SMILES string of the molecule is C[C@@H](O[Si](C)(C)C(C)(C)C)[C@H]1C(=O)N[C@@H]1[C@H]1CCCC=C1O[P@@]1(=O)O[C@H](c2ccccc2)[C@H](C)N1C. The molecule has 0 spiro atoms. The van der Waals surface area contributed by atoms with E-state index in [0.717, 1.165) is 24.8 Å². The fraction of sp³-hybridized carbons (Fsp3) is 0.667. The highest BCUT2D eigenvalue weighted by molar-refractivity contribution is 7.51. The number of amides is 1. The summed E-state index contributed by atoms with van der Waals surface area (Å²) in [6, 6.07) is 9.65. The van der Waals surface area contributed by atoms with Gasteiger partial charge in [-0.1, -0.05) is 51.1 Å². The lowest BCUT2D eigenvalue weighted by Crippen LogP contribution is -2.66. The van der Waals surface area contributed by atoms with Crippen molar-refractivity contribution >= 4 is 22.0 Å². The summed E-state index contributed by atoms with van der Waals surface area (Å²) < 4.78 is 34.8. The van der Waals surface area contributed by atoms with Crippen molar-refractivity contribution in [1.29, 1.82) is 0 Å². The molecule has 1 amide bonds. The second-order valence-electron chi connectivity index (χ2n) is 12.1. The maximum Gasteiger partial charge on any atom is 0.461 e. The molecule has 1 aromatic carbocycles. The molecule has 2 saturated heterocycles. The first-order chi connectivity index (χ1) is 16.7. The van der Waals surface area contributed by atoms with Crippen LogP contribution in [0.2, 0.25) is 18.1 Å². The van der Waals surface area contributed by atoms with Crippen LogP contribution in [0.5, 0.6) is 0 Å². The van der Waals surface area contributed by atoms with Gasteiger partial charge in [-0.3, -0.25) is 9.32 Å². The summed E-state index contributed by atoms with van der Waals surface area (Å²) in [7, 11) is -3.79. The molecule has 0 bridgehead atoms. The van der Waals surface area contributed by atoms with E-state index in [1.807, 2.05) is 50.3 Å². The van der Waals surface area contributed by atoms with Gasteiger partial charge in [0, 0.05) is 12.0 Å². The van der Waals surface area contributed by atoms with Gasteiger partial charge in [-0.05, 0) is 69.9 Å². The predicted octanol–water partition coefficient (Wildman–Crippen LogP) is 6.41. The molecule has 2 aliphatic heterocycles. The number of carbonyl (C=O) groups is 1. The number of rotatable bonds is 7. The molecule has 36 heavy (non-hydrogen) atoms. The van der Waals surface area contributed by atoms with Crippen LogP contribution in [-0.2, 0) is 22.8 Å². The second kappa shape index (κ2) is 10.0. The molecule has 2 fully saturated rings. The van der Waals surface area contributed by atoms with Crippen molar-refractivity contribution in [3.8, 4) is 0 Å². The van der Waals surface area contributed by atoms with Crippen LogP contribution < -0.4 is 5.32 Å². The number of likely N-dealkylation sites (N-methyl/N-ethyl adjacent to an activating group) is 1. The fourth-order valence-electron chi connectivity index (χ4n) is 5.25. The number of allylic oxidation sites excluding steroid dienone is 1. The van der Waals surface area contributed by atoms with Crippen molar-refractivity contribution in [2.75, 3.05) is 7.05 Å². The second-order valence-corrected chi connectivity index (χ2v) is 18.8. The van der Waals surface area contributed by atoms with Crippen LogP contribution in [0.15, 0.2) is 42.2 Å². The maximum absolute atomic E-state index is 14.0. The molecule has 0 radical (unpaired) electrons. The van der Waals surface area contributed by atoms with Crippen molar-refractivity contribution in [3.63, 3.8) is 0 Å². The predicted molar refractivity (Wildman–Crippen MR) is 145 cm³/mol. The molecule has 200 valence electrons. The Hall–Kier alpha value is -1.44. The Morgan fingerprint density at radius 2 is 1.89 bits per heavy atom. The van der Waals surface area contributed by atoms with Gasteiger partial charge in [-0.25, -0.2) is 4.57 Å². The standard InChI is InChI=1S/C27H43N2O5PSi/c1-18-25(20-14-10-9-11-15-20)33-35(31,29(18)6)32-22-17-13-12-16-21(22)24-23(26(30)28-24)19(2)34-36(7,8)27(3,4)5/h9-11,14-15,17-19,21,23-25H,12-13,16H2,1-8H3,(H,28,30)/t18-,19+,21-,23+,24+,25-,35+/m0/s1. The van der Waals surface area contributed by atoms with Crippen molar-refractivity contribution in [3.05, 3.63) is 47.7 Å². The van der Waals surface area contributed by atoms with Crippen LogP contribution in [0, 0.1) is 11.8 Å². The number of hydrogen-bond acceptors (Lipinski definition) is 5. The van der Waals surface area contributed by atoms with Gasteiger partial charge in [0.25, 0.3) is 0 Å². The smallest absolute Gasteiger partial charge is 0.418 e. The van der Waals surface area contributed by atoms with E-state index in [9.17, 15) is 9.36 Å². The molecule has 2 heterocycles. The highest BCUT2D eigenvalue weighted by atomic mass is 31.2. The molecular formula is C27H43N2O5PSi. The quantitative estimate of drug-likeness (QED) is 0.247. The van der Waals surface area contributed by atoms with E-state index in [1.54, 1.807) is 11.7 Å². The van der Waals surface area contributed by atoms with Gasteiger partial charge in [0.05, 0.1) is 18.1 Å². The zero-order valence-electron chi connectivity index (χ0n) is 23.0. The van der Waals surface area contributed by atoms with E-state index in [4.69, 9.17) is 13.5 Å². The van der Waals surface area contributed by atoms with E-state index in [0.29, 0.717) is 5.76 Å². The number of β-lactam (4-membered cyclic amide) rings is 1. The lowest BCUT2D eigenvalue weighted by atomic mass is 9.74. The van der Waals surface area contributed by atoms with Crippen molar-refractivity contribution in [2.45, 2.75) is 96.3 Å². The zero-order chi connectivity index (χ0) is 26.5. The summed E-state index contributed by atoms with van der Waals surface area (Å²) in [6.45, 7) is 15.1. The number of hydrogen-bond donors (Lipinski definition) is 1. The number of benzene rings is 1. The maximum atomic E-state index is 14.0. The minimum absolute atomic E-state index is 0.0229. The van der Waals surface area contributed by atoms with E-state index in [-0.39, 0.29) is 47.1 Å². The third-order valence-corrected chi connectivity index (χ3v) is 15.3. The van der Waals surface area contributed by atoms with Crippen LogP contribution in [0.1, 0.15) is 65.5 Å². The van der Waals surface area contributed by atoms with Gasteiger partial charge >= 0.3 is 7.75 Å². The summed E-state index contributed by atoms with van der Waals surface area (Å²) in [6.07, 6.45) is 4.22.